The summed E-state index contributed by atoms with van der Waals surface area (Å²) < 4.78 is 24.2. The van der Waals surface area contributed by atoms with Crippen LogP contribution in [0.1, 0.15) is 25.6 Å². The van der Waals surface area contributed by atoms with Crippen LogP contribution in [0.4, 0.5) is 4.39 Å². The summed E-state index contributed by atoms with van der Waals surface area (Å²) in [5.41, 5.74) is 5.73. The Balaban J connectivity index is 2.47. The highest BCUT2D eigenvalue weighted by Gasteiger charge is 2.30. The fourth-order valence-corrected chi connectivity index (χ4v) is 1.67. The normalized spacial score (nSPS) is 14.2. The fourth-order valence-electron chi connectivity index (χ4n) is 1.67. The van der Waals surface area contributed by atoms with Gasteiger partial charge in [0.25, 0.3) is 0 Å². The molecule has 0 bridgehead atoms. The molecule has 4 heteroatoms. The van der Waals surface area contributed by atoms with Crippen molar-refractivity contribution >= 4 is 11.0 Å². The van der Waals surface area contributed by atoms with Crippen LogP contribution in [0, 0.1) is 5.82 Å². The smallest absolute Gasteiger partial charge is 0.169 e. The molecule has 0 fully saturated rings. The Morgan fingerprint density at radius 3 is 2.71 bits per heavy atom. The van der Waals surface area contributed by atoms with E-state index in [0.717, 1.165) is 0 Å². The van der Waals surface area contributed by atoms with Crippen LogP contribution in [0.3, 0.4) is 0 Å². The summed E-state index contributed by atoms with van der Waals surface area (Å²) in [6.45, 7) is 3.72. The van der Waals surface area contributed by atoms with Crippen molar-refractivity contribution < 1.29 is 13.5 Å². The maximum Gasteiger partial charge on any atom is 0.169 e. The van der Waals surface area contributed by atoms with E-state index in [1.54, 1.807) is 25.3 Å². The fraction of sp³-hybridized carbons (Fsp3) is 0.385. The van der Waals surface area contributed by atoms with Gasteiger partial charge in [-0.1, -0.05) is 12.1 Å². The molecule has 0 saturated heterocycles. The molecular formula is C13H16FNO2. The van der Waals surface area contributed by atoms with E-state index in [4.69, 9.17) is 14.9 Å². The first-order valence-corrected chi connectivity index (χ1v) is 5.44. The molecule has 2 aromatic rings. The van der Waals surface area contributed by atoms with Crippen LogP contribution in [0.2, 0.25) is 0 Å². The van der Waals surface area contributed by atoms with Gasteiger partial charge in [0.05, 0.1) is 11.6 Å². The molecule has 0 aliphatic rings. The lowest BCUT2D eigenvalue weighted by Crippen LogP contribution is -2.36. The average molecular weight is 237 g/mol. The van der Waals surface area contributed by atoms with Crippen molar-refractivity contribution in [3.63, 3.8) is 0 Å². The second-order valence-corrected chi connectivity index (χ2v) is 4.59. The molecule has 92 valence electrons. The molecule has 0 amide bonds. The zero-order valence-corrected chi connectivity index (χ0v) is 10.2. The first kappa shape index (κ1) is 12.1. The molecule has 0 radical (unpaired) electrons. The van der Waals surface area contributed by atoms with Crippen LogP contribution in [0.5, 0.6) is 0 Å². The molecule has 1 heterocycles. The second kappa shape index (κ2) is 4.13. The molecule has 0 saturated carbocycles. The third-order valence-corrected chi connectivity index (χ3v) is 3.10. The number of benzene rings is 1. The molecule has 2 N–H and O–H groups in total. The molecule has 0 spiro atoms. The number of halogens is 1. The van der Waals surface area contributed by atoms with E-state index in [-0.39, 0.29) is 11.4 Å². The minimum atomic E-state index is -0.565. The first-order chi connectivity index (χ1) is 7.95. The standard InChI is InChI=1S/C13H16FNO2/c1-13(2,16-3)12(15)10-7-8-5-4-6-9(14)11(8)17-10/h4-7,12H,15H2,1-3H3. The molecular weight excluding hydrogens is 221 g/mol. The molecule has 0 aliphatic heterocycles. The summed E-state index contributed by atoms with van der Waals surface area (Å²) in [6, 6.07) is 6.10. The molecule has 3 nitrogen and oxygen atoms in total. The quantitative estimate of drug-likeness (QED) is 0.892. The van der Waals surface area contributed by atoms with Crippen LogP contribution in [-0.4, -0.2) is 12.7 Å². The van der Waals surface area contributed by atoms with Crippen molar-refractivity contribution in [2.45, 2.75) is 25.5 Å². The van der Waals surface area contributed by atoms with Crippen molar-refractivity contribution in [2.75, 3.05) is 7.11 Å². The predicted octanol–water partition coefficient (Wildman–Crippen LogP) is 3.00. The van der Waals surface area contributed by atoms with E-state index in [0.29, 0.717) is 11.1 Å². The van der Waals surface area contributed by atoms with Gasteiger partial charge >= 0.3 is 0 Å². The summed E-state index contributed by atoms with van der Waals surface area (Å²) in [5.74, 6) is 0.146. The lowest BCUT2D eigenvalue weighted by Gasteiger charge is -2.28. The lowest BCUT2D eigenvalue weighted by molar-refractivity contribution is -0.00497. The number of methoxy groups -OCH3 is 1. The van der Waals surface area contributed by atoms with Gasteiger partial charge in [0.15, 0.2) is 11.4 Å². The number of furan rings is 1. The van der Waals surface area contributed by atoms with Crippen molar-refractivity contribution in [1.82, 2.24) is 0 Å². The van der Waals surface area contributed by atoms with Gasteiger partial charge in [0.1, 0.15) is 5.76 Å². The number of fused-ring (bicyclic) bond motifs is 1. The Labute approximate surface area is 99.4 Å². The van der Waals surface area contributed by atoms with Gasteiger partial charge in [0, 0.05) is 12.5 Å². The van der Waals surface area contributed by atoms with Gasteiger partial charge < -0.3 is 14.9 Å². The zero-order chi connectivity index (χ0) is 12.6. The number of rotatable bonds is 3. The van der Waals surface area contributed by atoms with Gasteiger partial charge in [-0.15, -0.1) is 0 Å². The minimum absolute atomic E-state index is 0.241. The molecule has 1 unspecified atom stereocenters. The Hall–Kier alpha value is -1.39. The van der Waals surface area contributed by atoms with E-state index in [2.05, 4.69) is 0 Å². The van der Waals surface area contributed by atoms with Gasteiger partial charge in [-0.2, -0.15) is 0 Å². The number of hydrogen-bond acceptors (Lipinski definition) is 3. The van der Waals surface area contributed by atoms with E-state index >= 15 is 0 Å². The highest BCUT2D eigenvalue weighted by Crippen LogP contribution is 2.31. The third-order valence-electron chi connectivity index (χ3n) is 3.10. The summed E-state index contributed by atoms with van der Waals surface area (Å²) in [7, 11) is 1.59. The first-order valence-electron chi connectivity index (χ1n) is 5.44. The van der Waals surface area contributed by atoms with Crippen molar-refractivity contribution in [2.24, 2.45) is 5.73 Å². The highest BCUT2D eigenvalue weighted by molar-refractivity contribution is 5.78. The zero-order valence-electron chi connectivity index (χ0n) is 10.2. The van der Waals surface area contributed by atoms with Crippen LogP contribution in [0.15, 0.2) is 28.7 Å². The Morgan fingerprint density at radius 2 is 2.12 bits per heavy atom. The molecule has 0 aliphatic carbocycles. The van der Waals surface area contributed by atoms with E-state index in [1.165, 1.54) is 6.07 Å². The molecule has 17 heavy (non-hydrogen) atoms. The lowest BCUT2D eigenvalue weighted by atomic mass is 9.97. The maximum atomic E-state index is 13.5. The SMILES string of the molecule is COC(C)(C)C(N)c1cc2cccc(F)c2o1. The second-order valence-electron chi connectivity index (χ2n) is 4.59. The van der Waals surface area contributed by atoms with Crippen molar-refractivity contribution in [3.05, 3.63) is 35.8 Å². The van der Waals surface area contributed by atoms with Gasteiger partial charge in [0.2, 0.25) is 0 Å². The average Bonchev–Trinajstić information content (AvgIpc) is 2.73. The van der Waals surface area contributed by atoms with Gasteiger partial charge in [-0.05, 0) is 26.0 Å². The summed E-state index contributed by atoms with van der Waals surface area (Å²) in [4.78, 5) is 0. The highest BCUT2D eigenvalue weighted by atomic mass is 19.1. The van der Waals surface area contributed by atoms with Crippen LogP contribution in [-0.2, 0) is 4.74 Å². The predicted molar refractivity (Wildman–Crippen MR) is 64.2 cm³/mol. The molecule has 1 atom stereocenters. The van der Waals surface area contributed by atoms with Crippen LogP contribution in [0.25, 0.3) is 11.0 Å². The molecule has 1 aromatic carbocycles. The maximum absolute atomic E-state index is 13.5. The summed E-state index contributed by atoms with van der Waals surface area (Å²) in [6.07, 6.45) is 0. The number of nitrogens with two attached hydrogens (primary N) is 1. The number of hydrogen-bond donors (Lipinski definition) is 1. The van der Waals surface area contributed by atoms with Crippen molar-refractivity contribution in [3.8, 4) is 0 Å². The van der Waals surface area contributed by atoms with Crippen LogP contribution >= 0.6 is 0 Å². The summed E-state index contributed by atoms with van der Waals surface area (Å²) >= 11 is 0. The Kier molecular flexibility index (Phi) is 2.93. The van der Waals surface area contributed by atoms with E-state index in [9.17, 15) is 4.39 Å². The van der Waals surface area contributed by atoms with E-state index < -0.39 is 11.6 Å². The largest absolute Gasteiger partial charge is 0.456 e. The monoisotopic (exact) mass is 237 g/mol. The van der Waals surface area contributed by atoms with Gasteiger partial charge in [-0.25, -0.2) is 4.39 Å². The number of para-hydroxylation sites is 1. The Morgan fingerprint density at radius 1 is 1.41 bits per heavy atom. The number of ether oxygens (including phenoxy) is 1. The van der Waals surface area contributed by atoms with Gasteiger partial charge in [-0.3, -0.25) is 0 Å². The van der Waals surface area contributed by atoms with Crippen molar-refractivity contribution in [1.29, 1.82) is 0 Å². The Bertz CT molecular complexity index is 533. The molecule has 1 aromatic heterocycles. The minimum Gasteiger partial charge on any atom is -0.456 e. The summed E-state index contributed by atoms with van der Waals surface area (Å²) in [5, 5.41) is 0.711. The third kappa shape index (κ3) is 2.06. The van der Waals surface area contributed by atoms with E-state index in [1.807, 2.05) is 13.8 Å². The topological polar surface area (TPSA) is 48.4 Å². The van der Waals surface area contributed by atoms with Crippen LogP contribution < -0.4 is 5.73 Å². The molecule has 2 rings (SSSR count).